The summed E-state index contributed by atoms with van der Waals surface area (Å²) in [7, 11) is 1.50. The number of aliphatic imine (C=N–C) groups is 1. The smallest absolute Gasteiger partial charge is 0.264 e. The molecule has 0 bridgehead atoms. The van der Waals surface area contributed by atoms with E-state index in [0.29, 0.717) is 27.3 Å². The van der Waals surface area contributed by atoms with E-state index in [1.54, 1.807) is 24.3 Å². The van der Waals surface area contributed by atoms with Crippen LogP contribution in [0.25, 0.3) is 6.08 Å². The summed E-state index contributed by atoms with van der Waals surface area (Å²) in [6.07, 6.45) is 1.70. The Bertz CT molecular complexity index is 965. The average molecular weight is 383 g/mol. The molecule has 0 aromatic heterocycles. The number of methoxy groups -OCH3 is 1. The monoisotopic (exact) mass is 383 g/mol. The van der Waals surface area contributed by atoms with Gasteiger partial charge in [0.1, 0.15) is 11.9 Å². The maximum absolute atomic E-state index is 13.0. The molecule has 0 spiro atoms. The third kappa shape index (κ3) is 4.65. The third-order valence-electron chi connectivity index (χ3n) is 3.49. The predicted octanol–water partition coefficient (Wildman–Crippen LogP) is 3.63. The zero-order valence-corrected chi connectivity index (χ0v) is 15.0. The van der Waals surface area contributed by atoms with Crippen molar-refractivity contribution in [2.45, 2.75) is 0 Å². The average Bonchev–Trinajstić information content (AvgIpc) is 3.01. The van der Waals surface area contributed by atoms with Gasteiger partial charge in [-0.15, -0.1) is 0 Å². The molecule has 136 valence electrons. The molecule has 2 aromatic rings. The molecule has 1 aliphatic heterocycles. The number of amides is 1. The lowest BCUT2D eigenvalue weighted by molar-refractivity contribution is -0.115. The zero-order chi connectivity index (χ0) is 19.2. The van der Waals surface area contributed by atoms with E-state index in [1.807, 2.05) is 6.07 Å². The molecular weight excluding hydrogens is 369 g/mol. The van der Waals surface area contributed by atoms with Crippen molar-refractivity contribution >= 4 is 34.6 Å². The van der Waals surface area contributed by atoms with Crippen LogP contribution in [-0.4, -0.2) is 24.8 Å². The maximum atomic E-state index is 13.0. The number of carbonyl (C=O) groups excluding carboxylic acids is 1. The first-order chi connectivity index (χ1) is 13.1. The van der Waals surface area contributed by atoms with Crippen molar-refractivity contribution in [2.75, 3.05) is 13.7 Å². The molecular formula is C19H14FN3O3S. The fraction of sp³-hybridized carbons (Fsp3) is 0.105. The van der Waals surface area contributed by atoms with E-state index >= 15 is 0 Å². The van der Waals surface area contributed by atoms with Gasteiger partial charge >= 0.3 is 0 Å². The number of halogens is 1. The topological polar surface area (TPSA) is 83.7 Å². The van der Waals surface area contributed by atoms with Crippen molar-refractivity contribution in [1.82, 2.24) is 5.32 Å². The Morgan fingerprint density at radius 1 is 1.26 bits per heavy atom. The number of nitrogens with one attached hydrogen (secondary N) is 1. The van der Waals surface area contributed by atoms with Crippen molar-refractivity contribution < 1.29 is 18.7 Å². The van der Waals surface area contributed by atoms with E-state index in [4.69, 9.17) is 14.7 Å². The Hall–Kier alpha value is -3.31. The number of benzene rings is 2. The van der Waals surface area contributed by atoms with Gasteiger partial charge in [0.2, 0.25) is 0 Å². The molecule has 8 heteroatoms. The van der Waals surface area contributed by atoms with E-state index in [9.17, 15) is 9.18 Å². The number of rotatable bonds is 5. The van der Waals surface area contributed by atoms with E-state index < -0.39 is 0 Å². The molecule has 27 heavy (non-hydrogen) atoms. The minimum absolute atomic E-state index is 0.0851. The first-order valence-electron chi connectivity index (χ1n) is 7.82. The molecule has 0 radical (unpaired) electrons. The van der Waals surface area contributed by atoms with Crippen LogP contribution in [0.2, 0.25) is 0 Å². The van der Waals surface area contributed by atoms with E-state index in [1.165, 1.54) is 43.1 Å². The molecule has 3 rings (SSSR count). The summed E-state index contributed by atoms with van der Waals surface area (Å²) in [5.74, 6) is 0.287. The normalized spacial score (nSPS) is 16.3. The van der Waals surface area contributed by atoms with Crippen LogP contribution in [0.4, 0.5) is 10.1 Å². The fourth-order valence-electron chi connectivity index (χ4n) is 2.27. The number of carbonyl (C=O) groups is 1. The van der Waals surface area contributed by atoms with Crippen LogP contribution >= 0.6 is 11.8 Å². The lowest BCUT2D eigenvalue weighted by Gasteiger charge is -2.08. The molecule has 6 nitrogen and oxygen atoms in total. The summed E-state index contributed by atoms with van der Waals surface area (Å²) in [6.45, 7) is -0.0851. The highest BCUT2D eigenvalue weighted by Crippen LogP contribution is 2.32. The second-order valence-corrected chi connectivity index (χ2v) is 6.35. The second-order valence-electron chi connectivity index (χ2n) is 5.32. The molecule has 0 unspecified atom stereocenters. The highest BCUT2D eigenvalue weighted by molar-refractivity contribution is 8.18. The molecule has 1 amide bonds. The Morgan fingerprint density at radius 3 is 2.74 bits per heavy atom. The van der Waals surface area contributed by atoms with Crippen LogP contribution < -0.4 is 14.8 Å². The number of nitriles is 1. The molecule has 0 aliphatic carbocycles. The van der Waals surface area contributed by atoms with Crippen LogP contribution in [0.1, 0.15) is 5.56 Å². The Morgan fingerprint density at radius 2 is 2.04 bits per heavy atom. The first kappa shape index (κ1) is 18.5. The lowest BCUT2D eigenvalue weighted by atomic mass is 10.2. The van der Waals surface area contributed by atoms with Crippen molar-refractivity contribution in [3.05, 3.63) is 58.8 Å². The summed E-state index contributed by atoms with van der Waals surface area (Å²) in [6, 6.07) is 12.7. The summed E-state index contributed by atoms with van der Waals surface area (Å²) >= 11 is 1.19. The van der Waals surface area contributed by atoms with Gasteiger partial charge in [0.15, 0.2) is 23.3 Å². The number of nitrogens with zero attached hydrogens (tertiary/aromatic N) is 2. The van der Waals surface area contributed by atoms with Gasteiger partial charge in [0.05, 0.1) is 17.7 Å². The summed E-state index contributed by atoms with van der Waals surface area (Å²) in [5, 5.41) is 11.7. The van der Waals surface area contributed by atoms with Gasteiger partial charge in [-0.05, 0) is 59.8 Å². The fourth-order valence-corrected chi connectivity index (χ4v) is 3.11. The molecule has 0 saturated carbocycles. The number of amidine groups is 1. The van der Waals surface area contributed by atoms with Crippen molar-refractivity contribution in [2.24, 2.45) is 4.99 Å². The van der Waals surface area contributed by atoms with E-state index in [-0.39, 0.29) is 18.3 Å². The quantitative estimate of drug-likeness (QED) is 0.797. The molecule has 1 aliphatic rings. The van der Waals surface area contributed by atoms with Crippen molar-refractivity contribution in [3.8, 4) is 17.6 Å². The lowest BCUT2D eigenvalue weighted by Crippen LogP contribution is -2.19. The van der Waals surface area contributed by atoms with Crippen LogP contribution in [0.15, 0.2) is 52.4 Å². The highest BCUT2D eigenvalue weighted by atomic mass is 32.2. The molecule has 1 saturated heterocycles. The molecule has 1 fully saturated rings. The predicted molar refractivity (Wildman–Crippen MR) is 101 cm³/mol. The minimum Gasteiger partial charge on any atom is -0.493 e. The summed E-state index contributed by atoms with van der Waals surface area (Å²) in [5.41, 5.74) is 1.28. The largest absolute Gasteiger partial charge is 0.493 e. The molecule has 2 aromatic carbocycles. The van der Waals surface area contributed by atoms with Gasteiger partial charge in [-0.2, -0.15) is 5.26 Å². The minimum atomic E-state index is -0.348. The van der Waals surface area contributed by atoms with Gasteiger partial charge in [-0.3, -0.25) is 4.79 Å². The van der Waals surface area contributed by atoms with Gasteiger partial charge in [-0.1, -0.05) is 6.07 Å². The van der Waals surface area contributed by atoms with Crippen LogP contribution in [0, 0.1) is 17.1 Å². The van der Waals surface area contributed by atoms with Gasteiger partial charge in [0.25, 0.3) is 5.91 Å². The number of ether oxygens (including phenoxy) is 2. The zero-order valence-electron chi connectivity index (χ0n) is 14.2. The van der Waals surface area contributed by atoms with Gasteiger partial charge in [-0.25, -0.2) is 9.38 Å². The Balaban J connectivity index is 1.80. The number of hydrogen-bond donors (Lipinski definition) is 1. The standard InChI is InChI=1S/C19H14FN3O3S/c1-25-16-10-12(2-7-15(16)26-9-8-21)11-17-18(24)23-19(27-17)22-14-5-3-13(20)4-6-14/h2-7,10-11H,9H2,1H3,(H,22,23,24). The SMILES string of the molecule is COc1cc(C=C2SC(=Nc3ccc(F)cc3)NC2=O)ccc1OCC#N. The first-order valence-corrected chi connectivity index (χ1v) is 8.63. The Labute approximate surface area is 159 Å². The number of hydrogen-bond acceptors (Lipinski definition) is 6. The molecule has 1 N–H and O–H groups in total. The van der Waals surface area contributed by atoms with Gasteiger partial charge in [0, 0.05) is 0 Å². The van der Waals surface area contributed by atoms with Gasteiger partial charge < -0.3 is 14.8 Å². The summed E-state index contributed by atoms with van der Waals surface area (Å²) < 4.78 is 23.5. The van der Waals surface area contributed by atoms with Crippen molar-refractivity contribution in [1.29, 1.82) is 5.26 Å². The summed E-state index contributed by atoms with van der Waals surface area (Å²) in [4.78, 5) is 16.9. The molecule has 1 heterocycles. The molecule has 0 atom stereocenters. The van der Waals surface area contributed by atoms with Crippen LogP contribution in [0.3, 0.4) is 0 Å². The van der Waals surface area contributed by atoms with E-state index in [2.05, 4.69) is 10.3 Å². The highest BCUT2D eigenvalue weighted by Gasteiger charge is 2.24. The Kier molecular flexibility index (Phi) is 5.74. The van der Waals surface area contributed by atoms with Crippen molar-refractivity contribution in [3.63, 3.8) is 0 Å². The van der Waals surface area contributed by atoms with E-state index in [0.717, 1.165) is 5.56 Å². The maximum Gasteiger partial charge on any atom is 0.264 e. The third-order valence-corrected chi connectivity index (χ3v) is 4.40. The number of thioether (sulfide) groups is 1. The second kappa shape index (κ2) is 8.38. The van der Waals surface area contributed by atoms with Crippen LogP contribution in [-0.2, 0) is 4.79 Å². The van der Waals surface area contributed by atoms with Crippen LogP contribution in [0.5, 0.6) is 11.5 Å².